The monoisotopic (exact) mass is 434 g/mol. The van der Waals surface area contributed by atoms with Gasteiger partial charge in [-0.3, -0.25) is 0 Å². The van der Waals surface area contributed by atoms with Crippen molar-refractivity contribution in [1.82, 2.24) is 0 Å². The van der Waals surface area contributed by atoms with E-state index in [1.165, 1.54) is 88.2 Å². The molecule has 8 saturated carbocycles. The molecular formula is C30H42O2. The van der Waals surface area contributed by atoms with E-state index < -0.39 is 0 Å². The zero-order valence-electron chi connectivity index (χ0n) is 20.4. The normalized spacial score (nSPS) is 46.2. The van der Waals surface area contributed by atoms with Gasteiger partial charge in [0.15, 0.2) is 0 Å². The lowest BCUT2D eigenvalue weighted by Gasteiger charge is -2.59. The van der Waals surface area contributed by atoms with Crippen molar-refractivity contribution in [3.05, 3.63) is 22.8 Å². The average Bonchev–Trinajstić information content (AvgIpc) is 2.64. The van der Waals surface area contributed by atoms with Crippen molar-refractivity contribution in [1.29, 1.82) is 0 Å². The highest BCUT2D eigenvalue weighted by Crippen LogP contribution is 2.66. The van der Waals surface area contributed by atoms with Gasteiger partial charge >= 0.3 is 0 Å². The third-order valence-corrected chi connectivity index (χ3v) is 11.2. The van der Waals surface area contributed by atoms with E-state index >= 15 is 0 Å². The second kappa shape index (κ2) is 6.28. The SMILES string of the molecule is CC(C)(C)c1c(O)c(C23CC4CC(CC(C4)C2)C3)cc(C23CC4CC(CC(C4)C2)C3)c1O. The highest BCUT2D eigenvalue weighted by Gasteiger charge is 2.56. The molecule has 8 fully saturated rings. The van der Waals surface area contributed by atoms with Crippen molar-refractivity contribution in [2.24, 2.45) is 35.5 Å². The number of phenolic OH excluding ortho intramolecular Hbond substituents is 2. The van der Waals surface area contributed by atoms with E-state index in [1.54, 1.807) is 0 Å². The summed E-state index contributed by atoms with van der Waals surface area (Å²) < 4.78 is 0. The first-order valence-electron chi connectivity index (χ1n) is 13.7. The fourth-order valence-corrected chi connectivity index (χ4v) is 11.1. The maximum Gasteiger partial charge on any atom is 0.126 e. The van der Waals surface area contributed by atoms with Crippen molar-refractivity contribution < 1.29 is 10.2 Å². The average molecular weight is 435 g/mol. The molecule has 0 amide bonds. The fourth-order valence-electron chi connectivity index (χ4n) is 11.1. The molecule has 0 saturated heterocycles. The Labute approximate surface area is 194 Å². The topological polar surface area (TPSA) is 40.5 Å². The molecule has 174 valence electrons. The van der Waals surface area contributed by atoms with Crippen LogP contribution >= 0.6 is 0 Å². The van der Waals surface area contributed by atoms with Gasteiger partial charge < -0.3 is 10.2 Å². The van der Waals surface area contributed by atoms with Gasteiger partial charge in [0.25, 0.3) is 0 Å². The molecule has 2 nitrogen and oxygen atoms in total. The van der Waals surface area contributed by atoms with Crippen LogP contribution in [0.1, 0.15) is 115 Å². The highest BCUT2D eigenvalue weighted by atomic mass is 16.3. The van der Waals surface area contributed by atoms with Crippen molar-refractivity contribution >= 4 is 0 Å². The molecule has 1 aromatic carbocycles. The van der Waals surface area contributed by atoms with Crippen LogP contribution in [0.25, 0.3) is 0 Å². The summed E-state index contributed by atoms with van der Waals surface area (Å²) in [6, 6.07) is 2.39. The summed E-state index contributed by atoms with van der Waals surface area (Å²) in [7, 11) is 0. The number of hydrogen-bond acceptors (Lipinski definition) is 2. The molecule has 8 bridgehead atoms. The predicted molar refractivity (Wildman–Crippen MR) is 128 cm³/mol. The van der Waals surface area contributed by atoms with Gasteiger partial charge in [-0.2, -0.15) is 0 Å². The number of hydrogen-bond donors (Lipinski definition) is 2. The second-order valence-electron chi connectivity index (χ2n) is 14.7. The molecule has 0 aromatic heterocycles. The number of rotatable bonds is 2. The van der Waals surface area contributed by atoms with Crippen molar-refractivity contribution in [3.63, 3.8) is 0 Å². The zero-order valence-corrected chi connectivity index (χ0v) is 20.4. The minimum Gasteiger partial charge on any atom is -0.507 e. The lowest BCUT2D eigenvalue weighted by molar-refractivity contribution is -0.00975. The molecule has 0 heterocycles. The van der Waals surface area contributed by atoms with E-state index in [0.717, 1.165) is 41.1 Å². The van der Waals surface area contributed by atoms with Gasteiger partial charge in [-0.25, -0.2) is 0 Å². The molecule has 8 aliphatic rings. The summed E-state index contributed by atoms with van der Waals surface area (Å²) in [6.07, 6.45) is 16.1. The van der Waals surface area contributed by atoms with Gasteiger partial charge in [0.05, 0.1) is 0 Å². The summed E-state index contributed by atoms with van der Waals surface area (Å²) in [5, 5.41) is 23.6. The van der Waals surface area contributed by atoms with Crippen LogP contribution in [0.3, 0.4) is 0 Å². The van der Waals surface area contributed by atoms with E-state index in [9.17, 15) is 10.2 Å². The summed E-state index contributed by atoms with van der Waals surface area (Å²) in [4.78, 5) is 0. The minimum atomic E-state index is -0.260. The molecule has 2 N–H and O–H groups in total. The van der Waals surface area contributed by atoms with E-state index in [0.29, 0.717) is 11.5 Å². The van der Waals surface area contributed by atoms with Gasteiger partial charge in [-0.1, -0.05) is 20.8 Å². The standard InChI is InChI=1S/C30H42O2/c1-28(2,3)25-26(31)23(29-11-17-4-18(12-29)6-19(5-17)13-29)10-24(27(25)32)30-14-20-7-21(15-30)9-22(8-20)16-30/h10,17-22,31-32H,4-9,11-16H2,1-3H3. The smallest absolute Gasteiger partial charge is 0.126 e. The molecule has 0 unspecified atom stereocenters. The third-order valence-electron chi connectivity index (χ3n) is 11.2. The largest absolute Gasteiger partial charge is 0.507 e. The molecule has 1 aromatic rings. The first-order valence-corrected chi connectivity index (χ1v) is 13.7. The van der Waals surface area contributed by atoms with Gasteiger partial charge in [-0.05, 0) is 135 Å². The van der Waals surface area contributed by atoms with E-state index in [-0.39, 0.29) is 16.2 Å². The Morgan fingerprint density at radius 3 is 1.12 bits per heavy atom. The third kappa shape index (κ3) is 2.70. The summed E-state index contributed by atoms with van der Waals surface area (Å²) in [6.45, 7) is 6.53. The van der Waals surface area contributed by atoms with Crippen LogP contribution in [-0.2, 0) is 16.2 Å². The molecule has 2 heteroatoms. The minimum absolute atomic E-state index is 0.156. The van der Waals surface area contributed by atoms with Crippen LogP contribution in [0.15, 0.2) is 6.07 Å². The van der Waals surface area contributed by atoms with Crippen LogP contribution in [0.5, 0.6) is 11.5 Å². The van der Waals surface area contributed by atoms with Crippen LogP contribution in [-0.4, -0.2) is 10.2 Å². The summed E-state index contributed by atoms with van der Waals surface area (Å²) >= 11 is 0. The Balaban J connectivity index is 1.43. The maximum atomic E-state index is 11.8. The Bertz CT molecular complexity index is 825. The molecule has 0 atom stereocenters. The van der Waals surface area contributed by atoms with Crippen molar-refractivity contribution in [3.8, 4) is 11.5 Å². The molecule has 8 aliphatic carbocycles. The van der Waals surface area contributed by atoms with Gasteiger partial charge in [0.1, 0.15) is 11.5 Å². The molecule has 0 radical (unpaired) electrons. The van der Waals surface area contributed by atoms with Crippen LogP contribution < -0.4 is 0 Å². The van der Waals surface area contributed by atoms with Gasteiger partial charge in [0, 0.05) is 16.7 Å². The maximum absolute atomic E-state index is 11.8. The molecule has 0 spiro atoms. The number of aromatic hydroxyl groups is 2. The Hall–Kier alpha value is -1.18. The first kappa shape index (κ1) is 20.2. The fraction of sp³-hybridized carbons (Fsp3) is 0.800. The molecular weight excluding hydrogens is 392 g/mol. The van der Waals surface area contributed by atoms with Crippen LogP contribution in [0, 0.1) is 35.5 Å². The number of phenols is 2. The Morgan fingerprint density at radius 2 is 0.875 bits per heavy atom. The summed E-state index contributed by atoms with van der Waals surface area (Å²) in [5.74, 6) is 6.04. The van der Waals surface area contributed by atoms with Gasteiger partial charge in [-0.15, -0.1) is 0 Å². The Morgan fingerprint density at radius 1 is 0.594 bits per heavy atom. The first-order chi connectivity index (χ1) is 15.1. The van der Waals surface area contributed by atoms with Crippen molar-refractivity contribution in [2.75, 3.05) is 0 Å². The van der Waals surface area contributed by atoms with E-state index in [1.807, 2.05) is 0 Å². The highest BCUT2D eigenvalue weighted by molar-refractivity contribution is 5.61. The number of benzene rings is 1. The Kier molecular flexibility index (Phi) is 3.96. The molecule has 0 aliphatic heterocycles. The second-order valence-corrected chi connectivity index (χ2v) is 14.7. The van der Waals surface area contributed by atoms with E-state index in [4.69, 9.17) is 0 Å². The van der Waals surface area contributed by atoms with Crippen LogP contribution in [0.2, 0.25) is 0 Å². The quantitative estimate of drug-likeness (QED) is 0.511. The van der Waals surface area contributed by atoms with Gasteiger partial charge in [0.2, 0.25) is 0 Å². The van der Waals surface area contributed by atoms with Crippen LogP contribution in [0.4, 0.5) is 0 Å². The lowest BCUT2D eigenvalue weighted by atomic mass is 9.46. The molecule has 32 heavy (non-hydrogen) atoms. The summed E-state index contributed by atoms with van der Waals surface area (Å²) in [5.41, 5.74) is 3.38. The zero-order chi connectivity index (χ0) is 22.0. The van der Waals surface area contributed by atoms with E-state index in [2.05, 4.69) is 26.8 Å². The molecule has 9 rings (SSSR count). The van der Waals surface area contributed by atoms with Crippen molar-refractivity contribution in [2.45, 2.75) is 114 Å². The predicted octanol–water partition coefficient (Wildman–Crippen LogP) is 7.33. The lowest BCUT2D eigenvalue weighted by Crippen LogP contribution is -2.50.